The summed E-state index contributed by atoms with van der Waals surface area (Å²) in [4.78, 5) is 0.766. The van der Waals surface area contributed by atoms with E-state index in [0.717, 1.165) is 10.6 Å². The maximum Gasteiger partial charge on any atom is 0.0646 e. The van der Waals surface area contributed by atoms with E-state index < -0.39 is 10.8 Å². The van der Waals surface area contributed by atoms with Crippen LogP contribution in [0.4, 0.5) is 5.69 Å². The van der Waals surface area contributed by atoms with E-state index in [0.29, 0.717) is 5.75 Å². The lowest BCUT2D eigenvalue weighted by atomic mass is 10.3. The second-order valence-corrected chi connectivity index (χ2v) is 3.98. The van der Waals surface area contributed by atoms with Crippen molar-refractivity contribution in [2.24, 2.45) is 5.84 Å². The van der Waals surface area contributed by atoms with Crippen molar-refractivity contribution in [2.75, 3.05) is 11.2 Å². The van der Waals surface area contributed by atoms with Crippen molar-refractivity contribution >= 4 is 16.5 Å². The fourth-order valence-electron chi connectivity index (χ4n) is 0.940. The highest BCUT2D eigenvalue weighted by Gasteiger charge is 2.04. The van der Waals surface area contributed by atoms with Gasteiger partial charge in [0.2, 0.25) is 0 Å². The smallest absolute Gasteiger partial charge is 0.0646 e. The zero-order valence-corrected chi connectivity index (χ0v) is 7.73. The lowest BCUT2D eigenvalue weighted by Crippen LogP contribution is -2.10. The van der Waals surface area contributed by atoms with Crippen molar-refractivity contribution in [2.45, 2.75) is 11.8 Å². The third kappa shape index (κ3) is 1.84. The second-order valence-electron chi connectivity index (χ2n) is 2.27. The van der Waals surface area contributed by atoms with Gasteiger partial charge >= 0.3 is 0 Å². The van der Waals surface area contributed by atoms with E-state index in [1.54, 1.807) is 0 Å². The lowest BCUT2D eigenvalue weighted by Gasteiger charge is -2.05. The molecule has 0 aliphatic carbocycles. The van der Waals surface area contributed by atoms with Crippen LogP contribution in [-0.4, -0.2) is 9.96 Å². The predicted molar refractivity (Wildman–Crippen MR) is 51.2 cm³/mol. The van der Waals surface area contributed by atoms with E-state index in [1.165, 1.54) is 0 Å². The zero-order valence-electron chi connectivity index (χ0n) is 6.91. The molecular formula is C8H12N2OS. The molecule has 0 bridgehead atoms. The second kappa shape index (κ2) is 4.23. The Labute approximate surface area is 74.4 Å². The molecule has 1 rings (SSSR count). The molecular weight excluding hydrogens is 172 g/mol. The van der Waals surface area contributed by atoms with E-state index >= 15 is 0 Å². The van der Waals surface area contributed by atoms with Crippen molar-refractivity contribution in [3.8, 4) is 0 Å². The molecule has 12 heavy (non-hydrogen) atoms. The van der Waals surface area contributed by atoms with Crippen LogP contribution in [0.5, 0.6) is 0 Å². The maximum absolute atomic E-state index is 11.4. The van der Waals surface area contributed by atoms with E-state index in [4.69, 9.17) is 5.84 Å². The average molecular weight is 184 g/mol. The molecule has 0 heterocycles. The molecule has 1 atom stereocenters. The van der Waals surface area contributed by atoms with Crippen LogP contribution in [-0.2, 0) is 10.8 Å². The van der Waals surface area contributed by atoms with E-state index in [-0.39, 0.29) is 0 Å². The molecule has 1 aromatic rings. The standard InChI is InChI=1S/C8H12N2OS/c1-2-12(11)8-6-4-3-5-7(8)10-9/h3-6,10H,2,9H2,1H3. The number of hydrogen-bond donors (Lipinski definition) is 2. The highest BCUT2D eigenvalue weighted by Crippen LogP contribution is 2.17. The van der Waals surface area contributed by atoms with Gasteiger partial charge in [0.05, 0.1) is 21.4 Å². The summed E-state index contributed by atoms with van der Waals surface area (Å²) >= 11 is 0. The molecule has 0 aromatic heterocycles. The Morgan fingerprint density at radius 2 is 2.17 bits per heavy atom. The largest absolute Gasteiger partial charge is 0.323 e. The number of hydrazine groups is 1. The topological polar surface area (TPSA) is 55.1 Å². The van der Waals surface area contributed by atoms with Crippen molar-refractivity contribution in [1.82, 2.24) is 0 Å². The van der Waals surface area contributed by atoms with Gasteiger partial charge in [0.15, 0.2) is 0 Å². The molecule has 0 amide bonds. The third-order valence-electron chi connectivity index (χ3n) is 1.55. The maximum atomic E-state index is 11.4. The Hall–Kier alpha value is -0.870. The number of para-hydroxylation sites is 1. The number of nitrogen functional groups attached to an aromatic ring is 1. The molecule has 0 aliphatic heterocycles. The van der Waals surface area contributed by atoms with Gasteiger partial charge in [-0.15, -0.1) is 0 Å². The highest BCUT2D eigenvalue weighted by atomic mass is 32.2. The van der Waals surface area contributed by atoms with Crippen LogP contribution in [0.25, 0.3) is 0 Å². The molecule has 3 N–H and O–H groups in total. The zero-order chi connectivity index (χ0) is 8.97. The van der Waals surface area contributed by atoms with Crippen molar-refractivity contribution in [3.05, 3.63) is 24.3 Å². The molecule has 0 spiro atoms. The van der Waals surface area contributed by atoms with E-state index in [1.807, 2.05) is 31.2 Å². The molecule has 0 fully saturated rings. The molecule has 1 aromatic carbocycles. The SMILES string of the molecule is CCS(=O)c1ccccc1NN. The summed E-state index contributed by atoms with van der Waals surface area (Å²) in [7, 11) is -0.944. The van der Waals surface area contributed by atoms with Gasteiger partial charge < -0.3 is 5.43 Å². The normalized spacial score (nSPS) is 12.5. The van der Waals surface area contributed by atoms with E-state index in [9.17, 15) is 4.21 Å². The highest BCUT2D eigenvalue weighted by molar-refractivity contribution is 7.85. The first-order valence-corrected chi connectivity index (χ1v) is 5.05. The van der Waals surface area contributed by atoms with Crippen LogP contribution in [0.2, 0.25) is 0 Å². The van der Waals surface area contributed by atoms with Crippen LogP contribution in [0.3, 0.4) is 0 Å². The van der Waals surface area contributed by atoms with Crippen LogP contribution in [0, 0.1) is 0 Å². The average Bonchev–Trinajstić information content (AvgIpc) is 2.16. The minimum Gasteiger partial charge on any atom is -0.323 e. The fourth-order valence-corrected chi connectivity index (χ4v) is 1.85. The van der Waals surface area contributed by atoms with Gasteiger partial charge in [-0.3, -0.25) is 10.1 Å². The summed E-state index contributed by atoms with van der Waals surface area (Å²) in [6, 6.07) is 7.33. The van der Waals surface area contributed by atoms with Gasteiger partial charge in [-0.1, -0.05) is 19.1 Å². The lowest BCUT2D eigenvalue weighted by molar-refractivity contribution is 0.684. The van der Waals surface area contributed by atoms with Crippen LogP contribution in [0.1, 0.15) is 6.92 Å². The number of nitrogens with two attached hydrogens (primary N) is 1. The third-order valence-corrected chi connectivity index (χ3v) is 2.92. The summed E-state index contributed by atoms with van der Waals surface area (Å²) in [5.41, 5.74) is 3.25. The Balaban J connectivity index is 3.04. The monoisotopic (exact) mass is 184 g/mol. The summed E-state index contributed by atoms with van der Waals surface area (Å²) in [5.74, 6) is 5.87. The molecule has 3 nitrogen and oxygen atoms in total. The van der Waals surface area contributed by atoms with Crippen molar-refractivity contribution < 1.29 is 4.21 Å². The molecule has 0 aliphatic rings. The fraction of sp³-hybridized carbons (Fsp3) is 0.250. The molecule has 1 unspecified atom stereocenters. The minimum atomic E-state index is -0.944. The molecule has 66 valence electrons. The molecule has 0 radical (unpaired) electrons. The van der Waals surface area contributed by atoms with Gasteiger partial charge in [-0.2, -0.15) is 0 Å². The van der Waals surface area contributed by atoms with Crippen LogP contribution >= 0.6 is 0 Å². The Morgan fingerprint density at radius 1 is 1.50 bits per heavy atom. The number of hydrogen-bond acceptors (Lipinski definition) is 3. The number of nitrogens with one attached hydrogen (secondary N) is 1. The number of rotatable bonds is 3. The van der Waals surface area contributed by atoms with E-state index in [2.05, 4.69) is 5.43 Å². The Kier molecular flexibility index (Phi) is 3.25. The minimum absolute atomic E-state index is 0.610. The first-order chi connectivity index (χ1) is 5.79. The molecule has 0 saturated heterocycles. The quantitative estimate of drug-likeness (QED) is 0.546. The summed E-state index contributed by atoms with van der Waals surface area (Å²) in [6.07, 6.45) is 0. The predicted octanol–water partition coefficient (Wildman–Crippen LogP) is 1.10. The van der Waals surface area contributed by atoms with Gasteiger partial charge in [0, 0.05) is 5.75 Å². The Morgan fingerprint density at radius 3 is 2.75 bits per heavy atom. The molecule has 0 saturated carbocycles. The van der Waals surface area contributed by atoms with Crippen molar-refractivity contribution in [3.63, 3.8) is 0 Å². The first kappa shape index (κ1) is 9.22. The summed E-state index contributed by atoms with van der Waals surface area (Å²) in [6.45, 7) is 1.88. The summed E-state index contributed by atoms with van der Waals surface area (Å²) < 4.78 is 11.4. The number of benzene rings is 1. The number of anilines is 1. The van der Waals surface area contributed by atoms with Gasteiger partial charge in [-0.25, -0.2) is 0 Å². The van der Waals surface area contributed by atoms with Crippen molar-refractivity contribution in [1.29, 1.82) is 0 Å². The van der Waals surface area contributed by atoms with Crippen LogP contribution < -0.4 is 11.3 Å². The summed E-state index contributed by atoms with van der Waals surface area (Å²) in [5, 5.41) is 0. The van der Waals surface area contributed by atoms with Gasteiger partial charge in [0.1, 0.15) is 0 Å². The van der Waals surface area contributed by atoms with Crippen LogP contribution in [0.15, 0.2) is 29.2 Å². The van der Waals surface area contributed by atoms with Gasteiger partial charge in [0.25, 0.3) is 0 Å². The van der Waals surface area contributed by atoms with Gasteiger partial charge in [-0.05, 0) is 12.1 Å². The molecule has 4 heteroatoms. The first-order valence-electron chi connectivity index (χ1n) is 3.73. The Bertz CT molecular complexity index is 288.